The molecular weight excluding hydrogens is 256 g/mol. The molecule has 2 aromatic carbocycles. The summed E-state index contributed by atoms with van der Waals surface area (Å²) in [4.78, 5) is 22.3. The highest BCUT2D eigenvalue weighted by molar-refractivity contribution is 6.42. The Labute approximate surface area is 114 Å². The third-order valence-electron chi connectivity index (χ3n) is 3.06. The van der Waals surface area contributed by atoms with Crippen molar-refractivity contribution in [1.82, 2.24) is 5.16 Å². The standard InChI is InChI=1S/C15H10N2O3/c16-15(19)14(18)10-3-1-9(2-4-10)11-5-6-13-12(7-11)8-17-20-13/h1-8H,(H2,16,19). The van der Waals surface area contributed by atoms with Crippen molar-refractivity contribution >= 4 is 22.7 Å². The first-order valence-corrected chi connectivity index (χ1v) is 5.94. The molecule has 1 heterocycles. The molecule has 0 bridgehead atoms. The first-order valence-electron chi connectivity index (χ1n) is 5.94. The molecule has 0 aliphatic carbocycles. The topological polar surface area (TPSA) is 86.2 Å². The van der Waals surface area contributed by atoms with E-state index < -0.39 is 11.7 Å². The Balaban J connectivity index is 1.98. The van der Waals surface area contributed by atoms with Gasteiger partial charge in [-0.15, -0.1) is 0 Å². The average Bonchev–Trinajstić information content (AvgIpc) is 2.94. The van der Waals surface area contributed by atoms with E-state index in [-0.39, 0.29) is 5.56 Å². The number of carbonyl (C=O) groups is 2. The Kier molecular flexibility index (Phi) is 2.80. The summed E-state index contributed by atoms with van der Waals surface area (Å²) >= 11 is 0. The van der Waals surface area contributed by atoms with Crippen LogP contribution in [0.2, 0.25) is 0 Å². The Bertz CT molecular complexity index is 803. The van der Waals surface area contributed by atoms with Crippen molar-refractivity contribution in [2.75, 3.05) is 0 Å². The van der Waals surface area contributed by atoms with Crippen molar-refractivity contribution in [2.45, 2.75) is 0 Å². The number of hydrogen-bond donors (Lipinski definition) is 1. The van der Waals surface area contributed by atoms with Crippen molar-refractivity contribution in [2.24, 2.45) is 5.73 Å². The van der Waals surface area contributed by atoms with Gasteiger partial charge in [-0.1, -0.05) is 35.5 Å². The van der Waals surface area contributed by atoms with Gasteiger partial charge in [-0.3, -0.25) is 9.59 Å². The number of nitrogens with two attached hydrogens (primary N) is 1. The first kappa shape index (κ1) is 12.1. The number of hydrogen-bond acceptors (Lipinski definition) is 4. The molecule has 3 rings (SSSR count). The van der Waals surface area contributed by atoms with Crippen LogP contribution in [0.1, 0.15) is 10.4 Å². The second-order valence-electron chi connectivity index (χ2n) is 4.35. The molecule has 0 aliphatic rings. The van der Waals surface area contributed by atoms with E-state index in [0.29, 0.717) is 5.58 Å². The molecule has 98 valence electrons. The van der Waals surface area contributed by atoms with E-state index in [1.54, 1.807) is 30.5 Å². The maximum Gasteiger partial charge on any atom is 0.289 e. The van der Waals surface area contributed by atoms with Gasteiger partial charge in [0, 0.05) is 10.9 Å². The molecule has 0 spiro atoms. The Hall–Kier alpha value is -2.95. The third kappa shape index (κ3) is 2.05. The Morgan fingerprint density at radius 2 is 1.70 bits per heavy atom. The number of ketones is 1. The summed E-state index contributed by atoms with van der Waals surface area (Å²) in [7, 11) is 0. The van der Waals surface area contributed by atoms with Crippen molar-refractivity contribution in [3.05, 3.63) is 54.2 Å². The van der Waals surface area contributed by atoms with Gasteiger partial charge in [0.1, 0.15) is 0 Å². The minimum Gasteiger partial charge on any atom is -0.363 e. The lowest BCUT2D eigenvalue weighted by Gasteiger charge is -2.03. The fourth-order valence-electron chi connectivity index (χ4n) is 2.01. The fraction of sp³-hybridized carbons (Fsp3) is 0. The molecule has 0 atom stereocenters. The number of rotatable bonds is 3. The minimum absolute atomic E-state index is 0.285. The van der Waals surface area contributed by atoms with Crippen molar-refractivity contribution in [1.29, 1.82) is 0 Å². The summed E-state index contributed by atoms with van der Waals surface area (Å²) in [5, 5.41) is 4.62. The summed E-state index contributed by atoms with van der Waals surface area (Å²) in [6.45, 7) is 0. The summed E-state index contributed by atoms with van der Waals surface area (Å²) in [5.41, 5.74) is 7.86. The van der Waals surface area contributed by atoms with Crippen molar-refractivity contribution in [3.8, 4) is 11.1 Å². The van der Waals surface area contributed by atoms with Crippen molar-refractivity contribution in [3.63, 3.8) is 0 Å². The van der Waals surface area contributed by atoms with E-state index in [1.165, 1.54) is 0 Å². The summed E-state index contributed by atoms with van der Waals surface area (Å²) in [5.74, 6) is -1.64. The molecule has 0 aliphatic heterocycles. The maximum absolute atomic E-state index is 11.4. The molecule has 3 aromatic rings. The van der Waals surface area contributed by atoms with Gasteiger partial charge in [0.05, 0.1) is 6.20 Å². The van der Waals surface area contributed by atoms with Crippen LogP contribution in [-0.4, -0.2) is 16.8 Å². The zero-order chi connectivity index (χ0) is 14.1. The largest absolute Gasteiger partial charge is 0.363 e. The van der Waals surface area contributed by atoms with E-state index in [1.807, 2.05) is 18.2 Å². The Morgan fingerprint density at radius 3 is 2.40 bits per heavy atom. The molecule has 2 N–H and O–H groups in total. The first-order chi connectivity index (χ1) is 9.65. The number of nitrogens with zero attached hydrogens (tertiary/aromatic N) is 1. The fourth-order valence-corrected chi connectivity index (χ4v) is 2.01. The van der Waals surface area contributed by atoms with Crippen LogP contribution in [0.15, 0.2) is 53.2 Å². The van der Waals surface area contributed by atoms with E-state index in [9.17, 15) is 9.59 Å². The molecule has 0 radical (unpaired) electrons. The number of aromatic nitrogens is 1. The normalized spacial score (nSPS) is 10.6. The van der Waals surface area contributed by atoms with E-state index in [0.717, 1.165) is 16.5 Å². The van der Waals surface area contributed by atoms with Gasteiger partial charge in [0.2, 0.25) is 5.78 Å². The minimum atomic E-state index is -0.955. The van der Waals surface area contributed by atoms with Crippen LogP contribution in [0.4, 0.5) is 0 Å². The molecule has 5 heteroatoms. The number of fused-ring (bicyclic) bond motifs is 1. The van der Waals surface area contributed by atoms with Gasteiger partial charge in [0.25, 0.3) is 5.91 Å². The van der Waals surface area contributed by atoms with Crippen LogP contribution < -0.4 is 5.73 Å². The van der Waals surface area contributed by atoms with E-state index in [4.69, 9.17) is 10.3 Å². The summed E-state index contributed by atoms with van der Waals surface area (Å²) < 4.78 is 5.04. The quantitative estimate of drug-likeness (QED) is 0.581. The van der Waals surface area contributed by atoms with E-state index in [2.05, 4.69) is 5.16 Å². The smallest absolute Gasteiger partial charge is 0.289 e. The molecule has 5 nitrogen and oxygen atoms in total. The zero-order valence-electron chi connectivity index (χ0n) is 10.4. The van der Waals surface area contributed by atoms with Gasteiger partial charge < -0.3 is 10.3 Å². The van der Waals surface area contributed by atoms with Gasteiger partial charge in [-0.2, -0.15) is 0 Å². The molecule has 20 heavy (non-hydrogen) atoms. The molecule has 1 amide bonds. The predicted molar refractivity (Wildman–Crippen MR) is 73.0 cm³/mol. The molecule has 0 fully saturated rings. The second-order valence-corrected chi connectivity index (χ2v) is 4.35. The van der Waals surface area contributed by atoms with Gasteiger partial charge in [0.15, 0.2) is 5.58 Å². The average molecular weight is 266 g/mol. The highest BCUT2D eigenvalue weighted by Gasteiger charge is 2.12. The maximum atomic E-state index is 11.4. The molecule has 1 aromatic heterocycles. The van der Waals surface area contributed by atoms with E-state index >= 15 is 0 Å². The van der Waals surface area contributed by atoms with Crippen LogP contribution in [0.25, 0.3) is 22.1 Å². The van der Waals surface area contributed by atoms with Crippen LogP contribution in [0, 0.1) is 0 Å². The number of carbonyl (C=O) groups excluding carboxylic acids is 2. The summed E-state index contributed by atoms with van der Waals surface area (Å²) in [6, 6.07) is 12.4. The SMILES string of the molecule is NC(=O)C(=O)c1ccc(-c2ccc3oncc3c2)cc1. The zero-order valence-corrected chi connectivity index (χ0v) is 10.4. The van der Waals surface area contributed by atoms with Crippen LogP contribution in [0.5, 0.6) is 0 Å². The molecular formula is C15H10N2O3. The molecule has 0 saturated carbocycles. The lowest BCUT2D eigenvalue weighted by atomic mass is 10.0. The van der Waals surface area contributed by atoms with Gasteiger partial charge in [-0.05, 0) is 23.3 Å². The highest BCUT2D eigenvalue weighted by Crippen LogP contribution is 2.24. The van der Waals surface area contributed by atoms with Crippen LogP contribution in [-0.2, 0) is 4.79 Å². The predicted octanol–water partition coefficient (Wildman–Crippen LogP) is 2.16. The van der Waals surface area contributed by atoms with Gasteiger partial charge in [-0.25, -0.2) is 0 Å². The number of Topliss-reactive ketones (excluding diaryl/α,β-unsaturated/α-hetero) is 1. The Morgan fingerprint density at radius 1 is 1.00 bits per heavy atom. The van der Waals surface area contributed by atoms with Gasteiger partial charge >= 0.3 is 0 Å². The number of primary amides is 1. The molecule has 0 saturated heterocycles. The van der Waals surface area contributed by atoms with Crippen LogP contribution in [0.3, 0.4) is 0 Å². The highest BCUT2D eigenvalue weighted by atomic mass is 16.5. The molecule has 0 unspecified atom stereocenters. The number of amides is 1. The lowest BCUT2D eigenvalue weighted by Crippen LogP contribution is -2.22. The number of benzene rings is 2. The summed E-state index contributed by atoms with van der Waals surface area (Å²) in [6.07, 6.45) is 1.64. The lowest BCUT2D eigenvalue weighted by molar-refractivity contribution is -0.114. The third-order valence-corrected chi connectivity index (χ3v) is 3.06. The van der Waals surface area contributed by atoms with Crippen molar-refractivity contribution < 1.29 is 14.1 Å². The van der Waals surface area contributed by atoms with Crippen LogP contribution >= 0.6 is 0 Å². The monoisotopic (exact) mass is 266 g/mol. The second kappa shape index (κ2) is 4.62.